The summed E-state index contributed by atoms with van der Waals surface area (Å²) >= 11 is 0. The van der Waals surface area contributed by atoms with Gasteiger partial charge in [0.25, 0.3) is 0 Å². The molecule has 1 unspecified atom stereocenters. The molecule has 5 nitrogen and oxygen atoms in total. The zero-order valence-electron chi connectivity index (χ0n) is 13.0. The number of fused-ring (bicyclic) bond motifs is 1. The van der Waals surface area contributed by atoms with Crippen LogP contribution in [-0.2, 0) is 13.0 Å². The number of aromatic nitrogens is 1. The van der Waals surface area contributed by atoms with Gasteiger partial charge in [-0.2, -0.15) is 4.91 Å². The quantitative estimate of drug-likeness (QED) is 0.729. The summed E-state index contributed by atoms with van der Waals surface area (Å²) in [6.45, 7) is -0.153. The van der Waals surface area contributed by atoms with Gasteiger partial charge in [-0.3, -0.25) is 4.98 Å². The average molecular weight is 320 g/mol. The van der Waals surface area contributed by atoms with Crippen molar-refractivity contribution in [3.8, 4) is 22.5 Å². The molecule has 24 heavy (non-hydrogen) atoms. The lowest BCUT2D eigenvalue weighted by Crippen LogP contribution is -1.88. The van der Waals surface area contributed by atoms with Crippen molar-refractivity contribution >= 4 is 0 Å². The van der Waals surface area contributed by atoms with Gasteiger partial charge in [0.05, 0.1) is 0 Å². The van der Waals surface area contributed by atoms with Gasteiger partial charge in [-0.05, 0) is 47.7 Å². The van der Waals surface area contributed by atoms with E-state index in [1.54, 1.807) is 12.4 Å². The van der Waals surface area contributed by atoms with Crippen molar-refractivity contribution in [2.75, 3.05) is 0 Å². The highest BCUT2D eigenvalue weighted by Crippen LogP contribution is 2.40. The number of rotatable bonds is 4. The Balaban J connectivity index is 1.83. The molecule has 3 aromatic rings. The second kappa shape index (κ2) is 6.02. The van der Waals surface area contributed by atoms with Gasteiger partial charge in [-0.1, -0.05) is 23.4 Å². The van der Waals surface area contributed by atoms with E-state index in [1.807, 2.05) is 30.3 Å². The van der Waals surface area contributed by atoms with Crippen molar-refractivity contribution in [2.24, 2.45) is 5.18 Å². The summed E-state index contributed by atoms with van der Waals surface area (Å²) in [5.74, 6) is 1.23. The Bertz CT molecular complexity index is 887. The van der Waals surface area contributed by atoms with Gasteiger partial charge in [0, 0.05) is 23.5 Å². The molecular weight excluding hydrogens is 304 g/mol. The highest BCUT2D eigenvalue weighted by Gasteiger charge is 2.24. The molecule has 0 radical (unpaired) electrons. The van der Waals surface area contributed by atoms with Crippen molar-refractivity contribution in [2.45, 2.75) is 25.5 Å². The number of furan rings is 1. The molecular formula is C19H16N2O3. The van der Waals surface area contributed by atoms with Crippen LogP contribution in [0.3, 0.4) is 0 Å². The molecule has 1 N–H and O–H groups in total. The summed E-state index contributed by atoms with van der Waals surface area (Å²) in [6, 6.07) is 11.4. The van der Waals surface area contributed by atoms with Crippen LogP contribution >= 0.6 is 0 Å². The lowest BCUT2D eigenvalue weighted by Gasteiger charge is -2.07. The van der Waals surface area contributed by atoms with E-state index >= 15 is 0 Å². The number of nitrogens with zero attached hydrogens (tertiary/aromatic N) is 2. The van der Waals surface area contributed by atoms with E-state index in [-0.39, 0.29) is 12.6 Å². The Labute approximate surface area is 139 Å². The summed E-state index contributed by atoms with van der Waals surface area (Å²) < 4.78 is 5.82. The molecule has 1 atom stereocenters. The molecule has 120 valence electrons. The topological polar surface area (TPSA) is 75.7 Å². The third-order valence-electron chi connectivity index (χ3n) is 4.51. The van der Waals surface area contributed by atoms with Gasteiger partial charge in [-0.15, -0.1) is 0 Å². The zero-order valence-corrected chi connectivity index (χ0v) is 13.0. The third-order valence-corrected chi connectivity index (χ3v) is 4.51. The first-order chi connectivity index (χ1) is 11.8. The van der Waals surface area contributed by atoms with E-state index in [0.29, 0.717) is 11.5 Å². The third kappa shape index (κ3) is 2.43. The maximum Gasteiger partial charge on any atom is 0.142 e. The lowest BCUT2D eigenvalue weighted by atomic mass is 9.98. The summed E-state index contributed by atoms with van der Waals surface area (Å²) in [5, 5.41) is 12.6. The van der Waals surface area contributed by atoms with Crippen LogP contribution in [0, 0.1) is 4.91 Å². The molecule has 4 rings (SSSR count). The van der Waals surface area contributed by atoms with Crippen LogP contribution in [0.4, 0.5) is 0 Å². The normalized spacial score (nSPS) is 16.1. The van der Waals surface area contributed by atoms with E-state index in [1.165, 1.54) is 0 Å². The summed E-state index contributed by atoms with van der Waals surface area (Å²) in [4.78, 5) is 14.9. The maximum absolute atomic E-state index is 10.9. The fraction of sp³-hybridized carbons (Fsp3) is 0.211. The Morgan fingerprint density at radius 1 is 1.17 bits per heavy atom. The predicted molar refractivity (Wildman–Crippen MR) is 90.2 cm³/mol. The maximum atomic E-state index is 10.9. The number of aliphatic hydroxyl groups excluding tert-OH is 1. The number of hydrogen-bond donors (Lipinski definition) is 1. The first-order valence-electron chi connectivity index (χ1n) is 7.90. The molecule has 0 amide bonds. The van der Waals surface area contributed by atoms with Gasteiger partial charge in [-0.25, -0.2) is 0 Å². The molecule has 0 saturated heterocycles. The number of aliphatic hydroxyl groups is 1. The molecule has 0 bridgehead atoms. The van der Waals surface area contributed by atoms with Crippen LogP contribution in [0.2, 0.25) is 0 Å². The van der Waals surface area contributed by atoms with E-state index in [0.717, 1.165) is 40.7 Å². The van der Waals surface area contributed by atoms with Gasteiger partial charge in [0.2, 0.25) is 0 Å². The molecule has 5 heteroatoms. The average Bonchev–Trinajstić information content (AvgIpc) is 3.25. The second-order valence-corrected chi connectivity index (χ2v) is 5.92. The Kier molecular flexibility index (Phi) is 3.70. The fourth-order valence-corrected chi connectivity index (χ4v) is 3.32. The van der Waals surface area contributed by atoms with Gasteiger partial charge < -0.3 is 9.52 Å². The van der Waals surface area contributed by atoms with Crippen LogP contribution in [0.5, 0.6) is 0 Å². The number of benzene rings is 1. The van der Waals surface area contributed by atoms with Crippen LogP contribution in [0.1, 0.15) is 29.3 Å². The molecule has 1 aliphatic rings. The lowest BCUT2D eigenvalue weighted by molar-refractivity contribution is 0.248. The van der Waals surface area contributed by atoms with E-state index in [9.17, 15) is 10.0 Å². The number of pyridine rings is 1. The monoisotopic (exact) mass is 320 g/mol. The van der Waals surface area contributed by atoms with Crippen LogP contribution in [0.25, 0.3) is 22.5 Å². The minimum Gasteiger partial charge on any atom is -0.458 e. The van der Waals surface area contributed by atoms with Crippen molar-refractivity contribution in [1.82, 2.24) is 4.98 Å². The second-order valence-electron chi connectivity index (χ2n) is 5.92. The van der Waals surface area contributed by atoms with Gasteiger partial charge in [0.15, 0.2) is 0 Å². The summed E-state index contributed by atoms with van der Waals surface area (Å²) in [5.41, 5.74) is 5.02. The van der Waals surface area contributed by atoms with Crippen molar-refractivity contribution in [3.05, 3.63) is 70.6 Å². The fourth-order valence-electron chi connectivity index (χ4n) is 3.32. The number of hydrogen-bond acceptors (Lipinski definition) is 5. The first-order valence-corrected chi connectivity index (χ1v) is 7.90. The number of aryl methyl sites for hydroxylation is 1. The molecule has 0 fully saturated rings. The SMILES string of the molecule is O=NC1CCc2cc(-c3cc(CO)oc3-c3ccncc3)ccc21. The molecule has 0 saturated carbocycles. The molecule has 2 aromatic heterocycles. The van der Waals surface area contributed by atoms with Crippen LogP contribution < -0.4 is 0 Å². The standard InChI is InChI=1S/C19H16N2O3/c22-11-15-10-17(19(24-15)12-5-7-20-8-6-12)14-1-3-16-13(9-14)2-4-18(16)21-23/h1,3,5-10,18,22H,2,4,11H2. The van der Waals surface area contributed by atoms with Crippen molar-refractivity contribution < 1.29 is 9.52 Å². The van der Waals surface area contributed by atoms with E-state index in [4.69, 9.17) is 4.42 Å². The minimum atomic E-state index is -0.230. The summed E-state index contributed by atoms with van der Waals surface area (Å²) in [7, 11) is 0. The Morgan fingerprint density at radius 3 is 2.75 bits per heavy atom. The van der Waals surface area contributed by atoms with Crippen LogP contribution in [-0.4, -0.2) is 10.1 Å². The van der Waals surface area contributed by atoms with Gasteiger partial charge in [0.1, 0.15) is 24.2 Å². The molecule has 0 spiro atoms. The Hall–Kier alpha value is -2.79. The van der Waals surface area contributed by atoms with Gasteiger partial charge >= 0.3 is 0 Å². The zero-order chi connectivity index (χ0) is 16.5. The highest BCUT2D eigenvalue weighted by molar-refractivity contribution is 5.80. The Morgan fingerprint density at radius 2 is 2.00 bits per heavy atom. The van der Waals surface area contributed by atoms with Crippen molar-refractivity contribution in [1.29, 1.82) is 0 Å². The first kappa shape index (κ1) is 14.8. The van der Waals surface area contributed by atoms with Crippen molar-refractivity contribution in [3.63, 3.8) is 0 Å². The molecule has 1 aliphatic carbocycles. The van der Waals surface area contributed by atoms with E-state index < -0.39 is 0 Å². The smallest absolute Gasteiger partial charge is 0.142 e. The molecule has 0 aliphatic heterocycles. The highest BCUT2D eigenvalue weighted by atomic mass is 16.4. The van der Waals surface area contributed by atoms with Crippen LogP contribution in [0.15, 0.2) is 58.4 Å². The predicted octanol–water partition coefficient (Wildman–Crippen LogP) is 4.25. The number of nitroso groups, excluding NO2 is 1. The molecule has 2 heterocycles. The van der Waals surface area contributed by atoms with E-state index in [2.05, 4.69) is 16.2 Å². The largest absolute Gasteiger partial charge is 0.458 e. The minimum absolute atomic E-state index is 0.153. The molecule has 1 aromatic carbocycles. The summed E-state index contributed by atoms with van der Waals surface area (Å²) in [6.07, 6.45) is 5.05.